The van der Waals surface area contributed by atoms with Gasteiger partial charge in [-0.25, -0.2) is 9.97 Å². The van der Waals surface area contributed by atoms with E-state index in [1.54, 1.807) is 23.2 Å². The van der Waals surface area contributed by atoms with Gasteiger partial charge in [0, 0.05) is 44.3 Å². The molecule has 6 nitrogen and oxygen atoms in total. The van der Waals surface area contributed by atoms with Crippen LogP contribution in [-0.4, -0.2) is 26.1 Å². The van der Waals surface area contributed by atoms with Gasteiger partial charge in [0.2, 0.25) is 0 Å². The Kier molecular flexibility index (Phi) is 4.72. The molecule has 0 aliphatic rings. The summed E-state index contributed by atoms with van der Waals surface area (Å²) in [6.07, 6.45) is 9.62. The second-order valence-electron chi connectivity index (χ2n) is 4.34. The van der Waals surface area contributed by atoms with Crippen LogP contribution < -0.4 is 10.9 Å². The summed E-state index contributed by atoms with van der Waals surface area (Å²) in [6, 6.07) is 0. The SMILES string of the molecule is CCCn1ccnc(NCCCc2ncc[nH]2)c1=O. The number of imidazole rings is 1. The normalized spacial score (nSPS) is 10.6. The van der Waals surface area contributed by atoms with Crippen molar-refractivity contribution < 1.29 is 0 Å². The highest BCUT2D eigenvalue weighted by Crippen LogP contribution is 1.98. The molecule has 0 amide bonds. The third-order valence-electron chi connectivity index (χ3n) is 2.82. The predicted molar refractivity (Wildman–Crippen MR) is 74.2 cm³/mol. The third-order valence-corrected chi connectivity index (χ3v) is 2.82. The molecule has 0 saturated heterocycles. The van der Waals surface area contributed by atoms with E-state index in [1.807, 2.05) is 13.1 Å². The number of hydrogen-bond acceptors (Lipinski definition) is 4. The molecule has 0 bridgehead atoms. The lowest BCUT2D eigenvalue weighted by Gasteiger charge is -2.07. The summed E-state index contributed by atoms with van der Waals surface area (Å²) in [4.78, 5) is 23.3. The summed E-state index contributed by atoms with van der Waals surface area (Å²) >= 11 is 0. The summed E-state index contributed by atoms with van der Waals surface area (Å²) in [6.45, 7) is 3.48. The molecule has 0 spiro atoms. The number of H-pyrrole nitrogens is 1. The van der Waals surface area contributed by atoms with Gasteiger partial charge >= 0.3 is 0 Å². The minimum Gasteiger partial charge on any atom is -0.365 e. The zero-order chi connectivity index (χ0) is 13.5. The van der Waals surface area contributed by atoms with Crippen LogP contribution in [0, 0.1) is 0 Å². The smallest absolute Gasteiger partial charge is 0.293 e. The molecule has 0 saturated carbocycles. The highest BCUT2D eigenvalue weighted by molar-refractivity contribution is 5.30. The summed E-state index contributed by atoms with van der Waals surface area (Å²) in [5.74, 6) is 1.39. The molecule has 0 aliphatic heterocycles. The molecule has 6 heteroatoms. The molecule has 102 valence electrons. The van der Waals surface area contributed by atoms with E-state index in [1.165, 1.54) is 0 Å². The van der Waals surface area contributed by atoms with Crippen LogP contribution in [0.1, 0.15) is 25.6 Å². The van der Waals surface area contributed by atoms with Crippen molar-refractivity contribution in [3.05, 3.63) is 41.0 Å². The first-order valence-electron chi connectivity index (χ1n) is 6.59. The minimum absolute atomic E-state index is 0.0534. The predicted octanol–water partition coefficient (Wildman–Crippen LogP) is 1.42. The molecule has 0 aliphatic carbocycles. The molecule has 0 radical (unpaired) electrons. The van der Waals surface area contributed by atoms with Gasteiger partial charge in [-0.3, -0.25) is 4.79 Å². The van der Waals surface area contributed by atoms with E-state index < -0.39 is 0 Å². The Morgan fingerprint density at radius 1 is 1.37 bits per heavy atom. The lowest BCUT2D eigenvalue weighted by atomic mass is 10.3. The van der Waals surface area contributed by atoms with E-state index in [2.05, 4.69) is 20.3 Å². The Labute approximate surface area is 111 Å². The molecule has 19 heavy (non-hydrogen) atoms. The van der Waals surface area contributed by atoms with Crippen LogP contribution in [0.25, 0.3) is 0 Å². The Morgan fingerprint density at radius 2 is 2.26 bits per heavy atom. The average molecular weight is 261 g/mol. The van der Waals surface area contributed by atoms with Gasteiger partial charge in [0.05, 0.1) is 0 Å². The number of hydrogen-bond donors (Lipinski definition) is 2. The van der Waals surface area contributed by atoms with Crippen LogP contribution in [0.4, 0.5) is 5.82 Å². The largest absolute Gasteiger partial charge is 0.365 e. The van der Waals surface area contributed by atoms with E-state index in [0.29, 0.717) is 12.4 Å². The van der Waals surface area contributed by atoms with Crippen molar-refractivity contribution in [3.63, 3.8) is 0 Å². The van der Waals surface area contributed by atoms with Crippen LogP contribution in [0.15, 0.2) is 29.6 Å². The van der Waals surface area contributed by atoms with E-state index in [9.17, 15) is 4.79 Å². The highest BCUT2D eigenvalue weighted by atomic mass is 16.1. The molecular weight excluding hydrogens is 242 g/mol. The summed E-state index contributed by atoms with van der Waals surface area (Å²) in [5, 5.41) is 3.09. The summed E-state index contributed by atoms with van der Waals surface area (Å²) < 4.78 is 1.68. The molecule has 0 atom stereocenters. The Bertz CT molecular complexity index is 546. The molecule has 0 fully saturated rings. The highest BCUT2D eigenvalue weighted by Gasteiger charge is 2.03. The fourth-order valence-corrected chi connectivity index (χ4v) is 1.88. The lowest BCUT2D eigenvalue weighted by Crippen LogP contribution is -2.24. The van der Waals surface area contributed by atoms with Crippen LogP contribution in [0.2, 0.25) is 0 Å². The van der Waals surface area contributed by atoms with Crippen LogP contribution in [0.3, 0.4) is 0 Å². The van der Waals surface area contributed by atoms with Gasteiger partial charge in [0.25, 0.3) is 5.56 Å². The number of nitrogens with one attached hydrogen (secondary N) is 2. The topological polar surface area (TPSA) is 75.6 Å². The Hall–Kier alpha value is -2.11. The number of nitrogens with zero attached hydrogens (tertiary/aromatic N) is 3. The van der Waals surface area contributed by atoms with Crippen molar-refractivity contribution >= 4 is 5.82 Å². The Morgan fingerprint density at radius 3 is 3.00 bits per heavy atom. The zero-order valence-corrected chi connectivity index (χ0v) is 11.1. The molecule has 2 aromatic heterocycles. The number of aromatic nitrogens is 4. The van der Waals surface area contributed by atoms with E-state index >= 15 is 0 Å². The quantitative estimate of drug-likeness (QED) is 0.739. The lowest BCUT2D eigenvalue weighted by molar-refractivity contribution is 0.649. The maximum absolute atomic E-state index is 12.0. The second kappa shape index (κ2) is 6.72. The molecule has 0 aromatic carbocycles. The minimum atomic E-state index is -0.0534. The molecule has 2 rings (SSSR count). The first-order valence-corrected chi connectivity index (χ1v) is 6.59. The molecule has 0 unspecified atom stereocenters. The first kappa shape index (κ1) is 13.3. The van der Waals surface area contributed by atoms with Gasteiger partial charge in [-0.2, -0.15) is 0 Å². The summed E-state index contributed by atoms with van der Waals surface area (Å²) in [7, 11) is 0. The van der Waals surface area contributed by atoms with Crippen molar-refractivity contribution in [2.24, 2.45) is 0 Å². The van der Waals surface area contributed by atoms with Crippen LogP contribution in [-0.2, 0) is 13.0 Å². The van der Waals surface area contributed by atoms with Crippen LogP contribution >= 0.6 is 0 Å². The maximum atomic E-state index is 12.0. The fourth-order valence-electron chi connectivity index (χ4n) is 1.88. The van der Waals surface area contributed by atoms with Gasteiger partial charge in [-0.1, -0.05) is 6.92 Å². The van der Waals surface area contributed by atoms with Gasteiger partial charge in [-0.05, 0) is 12.8 Å². The van der Waals surface area contributed by atoms with Crippen molar-refractivity contribution in [2.45, 2.75) is 32.7 Å². The van der Waals surface area contributed by atoms with E-state index in [4.69, 9.17) is 0 Å². The van der Waals surface area contributed by atoms with Gasteiger partial charge in [0.15, 0.2) is 5.82 Å². The number of aryl methyl sites for hydroxylation is 2. The van der Waals surface area contributed by atoms with Crippen molar-refractivity contribution in [1.29, 1.82) is 0 Å². The molecule has 2 N–H and O–H groups in total. The number of anilines is 1. The van der Waals surface area contributed by atoms with Crippen LogP contribution in [0.5, 0.6) is 0 Å². The van der Waals surface area contributed by atoms with Crippen molar-refractivity contribution in [2.75, 3.05) is 11.9 Å². The van der Waals surface area contributed by atoms with Gasteiger partial charge < -0.3 is 14.9 Å². The molecule has 2 aromatic rings. The number of aromatic amines is 1. The molecule has 2 heterocycles. The fraction of sp³-hybridized carbons (Fsp3) is 0.462. The second-order valence-corrected chi connectivity index (χ2v) is 4.34. The maximum Gasteiger partial charge on any atom is 0.293 e. The standard InChI is InChI=1S/C13H19N5O/c1-2-9-18-10-8-17-12(13(18)19)16-5-3-4-11-14-6-7-15-11/h6-8,10H,2-5,9H2,1H3,(H,14,15)(H,16,17). The van der Waals surface area contributed by atoms with Crippen molar-refractivity contribution in [1.82, 2.24) is 19.5 Å². The third kappa shape index (κ3) is 3.67. The van der Waals surface area contributed by atoms with Gasteiger partial charge in [0.1, 0.15) is 5.82 Å². The van der Waals surface area contributed by atoms with E-state index in [0.717, 1.165) is 31.6 Å². The van der Waals surface area contributed by atoms with E-state index in [-0.39, 0.29) is 5.56 Å². The molecular formula is C13H19N5O. The first-order chi connectivity index (χ1) is 9.31. The monoisotopic (exact) mass is 261 g/mol. The zero-order valence-electron chi connectivity index (χ0n) is 11.1. The average Bonchev–Trinajstić information content (AvgIpc) is 2.92. The van der Waals surface area contributed by atoms with Crippen molar-refractivity contribution in [3.8, 4) is 0 Å². The Balaban J connectivity index is 1.85. The van der Waals surface area contributed by atoms with Gasteiger partial charge in [-0.15, -0.1) is 0 Å². The number of rotatable bonds is 7. The summed E-state index contributed by atoms with van der Waals surface area (Å²) in [5.41, 5.74) is -0.0534.